The van der Waals surface area contributed by atoms with Crippen molar-refractivity contribution in [2.24, 2.45) is 11.8 Å². The van der Waals surface area contributed by atoms with Crippen LogP contribution in [-0.2, 0) is 16.6 Å². The molecule has 0 aliphatic carbocycles. The summed E-state index contributed by atoms with van der Waals surface area (Å²) >= 11 is 0. The maximum Gasteiger partial charge on any atom is 0.220 e. The lowest BCUT2D eigenvalue weighted by atomic mass is 9.81. The molecule has 1 aliphatic heterocycles. The van der Waals surface area contributed by atoms with Crippen LogP contribution in [0.25, 0.3) is 11.3 Å². The lowest BCUT2D eigenvalue weighted by molar-refractivity contribution is -0.124. The van der Waals surface area contributed by atoms with Crippen molar-refractivity contribution in [2.45, 2.75) is 71.8 Å². The van der Waals surface area contributed by atoms with E-state index in [0.717, 1.165) is 42.9 Å². The van der Waals surface area contributed by atoms with Crippen molar-refractivity contribution in [3.8, 4) is 11.3 Å². The topological polar surface area (TPSA) is 67.2 Å². The molecule has 1 aromatic heterocycles. The number of benzene rings is 1. The van der Waals surface area contributed by atoms with Gasteiger partial charge in [-0.25, -0.2) is 0 Å². The first-order valence-corrected chi connectivity index (χ1v) is 11.1. The van der Waals surface area contributed by atoms with E-state index in [0.29, 0.717) is 18.3 Å². The molecule has 5 heteroatoms. The Morgan fingerprint density at radius 1 is 1.13 bits per heavy atom. The molecular weight excluding hydrogens is 374 g/mol. The Morgan fingerprint density at radius 2 is 1.83 bits per heavy atom. The fourth-order valence-electron chi connectivity index (χ4n) is 4.14. The maximum absolute atomic E-state index is 12.4. The Kier molecular flexibility index (Phi) is 6.71. The molecule has 1 saturated heterocycles. The highest BCUT2D eigenvalue weighted by molar-refractivity contribution is 5.77. The highest BCUT2D eigenvalue weighted by Gasteiger charge is 2.29. The number of nitrogens with zero attached hydrogens (tertiary/aromatic N) is 1. The summed E-state index contributed by atoms with van der Waals surface area (Å²) in [5.41, 5.74) is 3.25. The molecule has 0 radical (unpaired) electrons. The van der Waals surface area contributed by atoms with Gasteiger partial charge in [-0.05, 0) is 69.5 Å². The Hall–Kier alpha value is -2.14. The zero-order chi connectivity index (χ0) is 21.9. The number of hydrogen-bond acceptors (Lipinski definition) is 4. The summed E-state index contributed by atoms with van der Waals surface area (Å²) in [7, 11) is 0. The van der Waals surface area contributed by atoms with Crippen LogP contribution in [0.3, 0.4) is 0 Å². The van der Waals surface area contributed by atoms with Gasteiger partial charge < -0.3 is 15.2 Å². The van der Waals surface area contributed by atoms with E-state index in [1.807, 2.05) is 26.8 Å². The first-order chi connectivity index (χ1) is 14.0. The fourth-order valence-corrected chi connectivity index (χ4v) is 4.14. The second kappa shape index (κ2) is 8.93. The van der Waals surface area contributed by atoms with Crippen molar-refractivity contribution < 1.29 is 9.32 Å². The van der Waals surface area contributed by atoms with Crippen LogP contribution in [0.2, 0.25) is 0 Å². The first kappa shape index (κ1) is 22.5. The molecule has 0 unspecified atom stereocenters. The Balaban J connectivity index is 1.65. The third-order valence-corrected chi connectivity index (χ3v) is 5.79. The molecule has 5 nitrogen and oxygen atoms in total. The van der Waals surface area contributed by atoms with Crippen molar-refractivity contribution in [1.82, 2.24) is 15.8 Å². The standard InChI is InChI=1S/C25H37N3O2/c1-24(2,3)20-9-7-17(8-10-20)22-15-21(28-30-22)13-19-16-26-12-11-18(19)14-23(29)27-25(4,5)6/h7-10,15,18-19,26H,11-14,16H2,1-6H3,(H,27,29)/t18-,19+/m0/s1. The van der Waals surface area contributed by atoms with Gasteiger partial charge in [-0.1, -0.05) is 50.2 Å². The summed E-state index contributed by atoms with van der Waals surface area (Å²) < 4.78 is 5.65. The number of carbonyl (C=O) groups is 1. The van der Waals surface area contributed by atoms with Gasteiger partial charge in [0, 0.05) is 23.6 Å². The Labute approximate surface area is 181 Å². The average molecular weight is 412 g/mol. The summed E-state index contributed by atoms with van der Waals surface area (Å²) in [6, 6.07) is 10.6. The van der Waals surface area contributed by atoms with Crippen LogP contribution in [0, 0.1) is 11.8 Å². The molecule has 1 aliphatic rings. The molecule has 0 saturated carbocycles. The number of hydrogen-bond donors (Lipinski definition) is 2. The molecular formula is C25H37N3O2. The van der Waals surface area contributed by atoms with Crippen molar-refractivity contribution in [1.29, 1.82) is 0 Å². The van der Waals surface area contributed by atoms with Crippen molar-refractivity contribution in [2.75, 3.05) is 13.1 Å². The van der Waals surface area contributed by atoms with E-state index in [-0.39, 0.29) is 16.9 Å². The molecule has 2 N–H and O–H groups in total. The van der Waals surface area contributed by atoms with Crippen molar-refractivity contribution in [3.05, 3.63) is 41.6 Å². The second-order valence-corrected chi connectivity index (χ2v) is 10.7. The first-order valence-electron chi connectivity index (χ1n) is 11.1. The Morgan fingerprint density at radius 3 is 2.47 bits per heavy atom. The van der Waals surface area contributed by atoms with Crippen LogP contribution in [-0.4, -0.2) is 29.7 Å². The number of rotatable bonds is 5. The summed E-state index contributed by atoms with van der Waals surface area (Å²) in [6.07, 6.45) is 2.41. The van der Waals surface area contributed by atoms with E-state index in [1.54, 1.807) is 0 Å². The molecule has 2 aromatic rings. The van der Waals surface area contributed by atoms with Crippen molar-refractivity contribution >= 4 is 5.91 Å². The third kappa shape index (κ3) is 6.18. The predicted molar refractivity (Wildman–Crippen MR) is 121 cm³/mol. The Bertz CT molecular complexity index is 841. The summed E-state index contributed by atoms with van der Waals surface area (Å²) in [5.74, 6) is 1.68. The molecule has 0 spiro atoms. The molecule has 2 heterocycles. The highest BCUT2D eigenvalue weighted by Crippen LogP contribution is 2.29. The number of amides is 1. The SMILES string of the molecule is CC(C)(C)NC(=O)C[C@@H]1CCNC[C@H]1Cc1cc(-c2ccc(C(C)(C)C)cc2)on1. The van der Waals surface area contributed by atoms with E-state index in [4.69, 9.17) is 4.52 Å². The highest BCUT2D eigenvalue weighted by atomic mass is 16.5. The molecule has 1 aromatic carbocycles. The van der Waals surface area contributed by atoms with Gasteiger partial charge in [0.05, 0.1) is 5.69 Å². The zero-order valence-corrected chi connectivity index (χ0v) is 19.3. The smallest absolute Gasteiger partial charge is 0.220 e. The number of piperidine rings is 1. The van der Waals surface area contributed by atoms with Crippen LogP contribution >= 0.6 is 0 Å². The van der Waals surface area contributed by atoms with E-state index in [9.17, 15) is 4.79 Å². The summed E-state index contributed by atoms with van der Waals surface area (Å²) in [5, 5.41) is 10.9. The quantitative estimate of drug-likeness (QED) is 0.748. The van der Waals surface area contributed by atoms with Crippen LogP contribution in [0.1, 0.15) is 65.6 Å². The van der Waals surface area contributed by atoms with E-state index < -0.39 is 0 Å². The van der Waals surface area contributed by atoms with E-state index in [1.165, 1.54) is 5.56 Å². The van der Waals surface area contributed by atoms with Crippen LogP contribution < -0.4 is 10.6 Å². The van der Waals surface area contributed by atoms with Gasteiger partial charge in [0.1, 0.15) is 0 Å². The van der Waals surface area contributed by atoms with Gasteiger partial charge in [-0.15, -0.1) is 0 Å². The molecule has 1 amide bonds. The minimum absolute atomic E-state index is 0.132. The van der Waals surface area contributed by atoms with Crippen molar-refractivity contribution in [3.63, 3.8) is 0 Å². The number of nitrogens with one attached hydrogen (secondary N) is 2. The van der Waals surface area contributed by atoms with E-state index in [2.05, 4.69) is 60.8 Å². The van der Waals surface area contributed by atoms with Gasteiger partial charge >= 0.3 is 0 Å². The lowest BCUT2D eigenvalue weighted by Crippen LogP contribution is -2.44. The molecule has 0 bridgehead atoms. The average Bonchev–Trinajstić information content (AvgIpc) is 3.10. The molecule has 164 valence electrons. The van der Waals surface area contributed by atoms with Gasteiger partial charge in [-0.3, -0.25) is 4.79 Å². The van der Waals surface area contributed by atoms with Gasteiger partial charge in [0.2, 0.25) is 5.91 Å². The van der Waals surface area contributed by atoms with Gasteiger partial charge in [-0.2, -0.15) is 0 Å². The monoisotopic (exact) mass is 411 g/mol. The minimum Gasteiger partial charge on any atom is -0.356 e. The van der Waals surface area contributed by atoms with Crippen LogP contribution in [0.4, 0.5) is 0 Å². The van der Waals surface area contributed by atoms with Gasteiger partial charge in [0.15, 0.2) is 5.76 Å². The lowest BCUT2D eigenvalue weighted by Gasteiger charge is -2.32. The van der Waals surface area contributed by atoms with E-state index >= 15 is 0 Å². The zero-order valence-electron chi connectivity index (χ0n) is 19.3. The van der Waals surface area contributed by atoms with Crippen LogP contribution in [0.5, 0.6) is 0 Å². The fraction of sp³-hybridized carbons (Fsp3) is 0.600. The molecule has 1 fully saturated rings. The minimum atomic E-state index is -0.191. The largest absolute Gasteiger partial charge is 0.356 e. The third-order valence-electron chi connectivity index (χ3n) is 5.79. The number of aromatic nitrogens is 1. The normalized spacial score (nSPS) is 20.2. The molecule has 30 heavy (non-hydrogen) atoms. The second-order valence-electron chi connectivity index (χ2n) is 10.7. The molecule has 3 rings (SSSR count). The summed E-state index contributed by atoms with van der Waals surface area (Å²) in [4.78, 5) is 12.4. The number of carbonyl (C=O) groups excluding carboxylic acids is 1. The van der Waals surface area contributed by atoms with Gasteiger partial charge in [0.25, 0.3) is 0 Å². The van der Waals surface area contributed by atoms with Crippen LogP contribution in [0.15, 0.2) is 34.9 Å². The summed E-state index contributed by atoms with van der Waals surface area (Å²) in [6.45, 7) is 14.6. The molecule has 2 atom stereocenters. The predicted octanol–water partition coefficient (Wildman–Crippen LogP) is 4.71. The maximum atomic E-state index is 12.4.